The molecule has 5 nitrogen and oxygen atoms in total. The number of aliphatic imine (C=N–C) groups is 2. The third-order valence-electron chi connectivity index (χ3n) is 2.56. The summed E-state index contributed by atoms with van der Waals surface area (Å²) in [4.78, 5) is 7.71. The third kappa shape index (κ3) is 6.67. The molecule has 0 fully saturated rings. The number of guanidine groups is 2. The molecule has 106 valence electrons. The highest BCUT2D eigenvalue weighted by Crippen LogP contribution is 2.14. The lowest BCUT2D eigenvalue weighted by atomic mass is 10.0. The highest BCUT2D eigenvalue weighted by molar-refractivity contribution is 5.92. The van der Waals surface area contributed by atoms with Crippen molar-refractivity contribution in [3.8, 4) is 0 Å². The Hall–Kier alpha value is -1.75. The highest BCUT2D eigenvalue weighted by Gasteiger charge is 1.98. The Morgan fingerprint density at radius 2 is 1.68 bits per heavy atom. The molecule has 0 heterocycles. The van der Waals surface area contributed by atoms with Crippen molar-refractivity contribution >= 4 is 24.3 Å². The standard InChI is InChI=1S/C13H21N5.ClH/c1-9(2)11-5-3-10(4-6-11)7-8-17-13(16)18-12(14)15;/h3-6,9H,7-8H2,1-2H3,(H6,14,15,16,17,18);1H. The van der Waals surface area contributed by atoms with Gasteiger partial charge in [0, 0.05) is 6.54 Å². The predicted octanol–water partition coefficient (Wildman–Crippen LogP) is 1.36. The highest BCUT2D eigenvalue weighted by atomic mass is 35.5. The summed E-state index contributed by atoms with van der Waals surface area (Å²) >= 11 is 0. The maximum Gasteiger partial charge on any atom is 0.218 e. The smallest absolute Gasteiger partial charge is 0.218 e. The molecule has 6 N–H and O–H groups in total. The lowest BCUT2D eigenvalue weighted by Gasteiger charge is -2.06. The van der Waals surface area contributed by atoms with E-state index in [9.17, 15) is 0 Å². The summed E-state index contributed by atoms with van der Waals surface area (Å²) < 4.78 is 0. The Morgan fingerprint density at radius 3 is 2.16 bits per heavy atom. The van der Waals surface area contributed by atoms with Gasteiger partial charge in [-0.25, -0.2) is 0 Å². The Balaban J connectivity index is 0.00000324. The van der Waals surface area contributed by atoms with Gasteiger partial charge in [-0.3, -0.25) is 4.99 Å². The fourth-order valence-corrected chi connectivity index (χ4v) is 1.54. The van der Waals surface area contributed by atoms with Crippen LogP contribution in [0.3, 0.4) is 0 Å². The Morgan fingerprint density at radius 1 is 1.11 bits per heavy atom. The van der Waals surface area contributed by atoms with Gasteiger partial charge >= 0.3 is 0 Å². The number of rotatable bonds is 4. The first-order valence-electron chi connectivity index (χ1n) is 5.97. The van der Waals surface area contributed by atoms with Crippen LogP contribution in [0.5, 0.6) is 0 Å². The van der Waals surface area contributed by atoms with Crippen LogP contribution in [-0.2, 0) is 6.42 Å². The van der Waals surface area contributed by atoms with Gasteiger partial charge in [-0.05, 0) is 23.5 Å². The minimum absolute atomic E-state index is 0. The molecular formula is C13H22ClN5. The van der Waals surface area contributed by atoms with Crippen molar-refractivity contribution in [2.45, 2.75) is 26.2 Å². The van der Waals surface area contributed by atoms with Gasteiger partial charge in [-0.15, -0.1) is 12.4 Å². The molecule has 6 heteroatoms. The number of hydrogen-bond donors (Lipinski definition) is 3. The molecule has 0 aromatic heterocycles. The average Bonchev–Trinajstić information content (AvgIpc) is 2.28. The van der Waals surface area contributed by atoms with E-state index in [1.807, 2.05) is 0 Å². The molecule has 0 radical (unpaired) electrons. The lowest BCUT2D eigenvalue weighted by molar-refractivity contribution is 0.863. The number of benzene rings is 1. The van der Waals surface area contributed by atoms with Crippen LogP contribution in [0.1, 0.15) is 30.9 Å². The van der Waals surface area contributed by atoms with Crippen molar-refractivity contribution in [3.05, 3.63) is 35.4 Å². The molecule has 0 bridgehead atoms. The molecular weight excluding hydrogens is 262 g/mol. The van der Waals surface area contributed by atoms with E-state index in [2.05, 4.69) is 48.1 Å². The summed E-state index contributed by atoms with van der Waals surface area (Å²) in [5, 5.41) is 0. The second kappa shape index (κ2) is 8.37. The van der Waals surface area contributed by atoms with Crippen LogP contribution in [0.2, 0.25) is 0 Å². The van der Waals surface area contributed by atoms with Crippen LogP contribution in [0.4, 0.5) is 0 Å². The molecule has 0 amide bonds. The van der Waals surface area contributed by atoms with Crippen molar-refractivity contribution in [1.82, 2.24) is 0 Å². The quantitative estimate of drug-likeness (QED) is 0.574. The van der Waals surface area contributed by atoms with Crippen LogP contribution in [0.25, 0.3) is 0 Å². The zero-order valence-electron chi connectivity index (χ0n) is 11.3. The SMILES string of the molecule is CC(C)c1ccc(CCN=C(N)N=C(N)N)cc1.Cl. The summed E-state index contributed by atoms with van der Waals surface area (Å²) in [5.74, 6) is 0.598. The molecule has 0 spiro atoms. The fourth-order valence-electron chi connectivity index (χ4n) is 1.54. The minimum Gasteiger partial charge on any atom is -0.370 e. The van der Waals surface area contributed by atoms with E-state index in [4.69, 9.17) is 17.2 Å². The van der Waals surface area contributed by atoms with Gasteiger partial charge in [0.05, 0.1) is 0 Å². The van der Waals surface area contributed by atoms with Gasteiger partial charge in [0.15, 0.2) is 5.96 Å². The van der Waals surface area contributed by atoms with E-state index in [0.717, 1.165) is 6.42 Å². The van der Waals surface area contributed by atoms with E-state index in [0.29, 0.717) is 12.5 Å². The predicted molar refractivity (Wildman–Crippen MR) is 83.8 cm³/mol. The first kappa shape index (κ1) is 17.2. The summed E-state index contributed by atoms with van der Waals surface area (Å²) in [6.45, 7) is 4.92. The lowest BCUT2D eigenvalue weighted by Crippen LogP contribution is -2.26. The van der Waals surface area contributed by atoms with Gasteiger partial charge in [0.25, 0.3) is 0 Å². The summed E-state index contributed by atoms with van der Waals surface area (Å²) in [6.07, 6.45) is 0.819. The Bertz CT molecular complexity index is 433. The van der Waals surface area contributed by atoms with Gasteiger partial charge < -0.3 is 17.2 Å². The van der Waals surface area contributed by atoms with Gasteiger partial charge in [0.1, 0.15) is 0 Å². The first-order chi connectivity index (χ1) is 8.49. The second-order valence-electron chi connectivity index (χ2n) is 4.42. The monoisotopic (exact) mass is 283 g/mol. The van der Waals surface area contributed by atoms with Crippen LogP contribution >= 0.6 is 12.4 Å². The van der Waals surface area contributed by atoms with E-state index < -0.39 is 0 Å². The molecule has 0 saturated carbocycles. The first-order valence-corrected chi connectivity index (χ1v) is 5.97. The van der Waals surface area contributed by atoms with E-state index in [1.165, 1.54) is 11.1 Å². The molecule has 0 aliphatic carbocycles. The van der Waals surface area contributed by atoms with Crippen LogP contribution in [0, 0.1) is 0 Å². The second-order valence-corrected chi connectivity index (χ2v) is 4.42. The molecule has 0 aliphatic heterocycles. The molecule has 1 aromatic rings. The van der Waals surface area contributed by atoms with Gasteiger partial charge in [-0.2, -0.15) is 4.99 Å². The number of nitrogens with zero attached hydrogens (tertiary/aromatic N) is 2. The topological polar surface area (TPSA) is 103 Å². The van der Waals surface area contributed by atoms with Crippen LogP contribution < -0.4 is 17.2 Å². The molecule has 0 saturated heterocycles. The van der Waals surface area contributed by atoms with Gasteiger partial charge in [0.2, 0.25) is 5.96 Å². The Kier molecular flexibility index (Phi) is 7.60. The average molecular weight is 284 g/mol. The van der Waals surface area contributed by atoms with Crippen molar-refractivity contribution < 1.29 is 0 Å². The molecule has 19 heavy (non-hydrogen) atoms. The zero-order chi connectivity index (χ0) is 13.5. The molecule has 0 aliphatic rings. The maximum atomic E-state index is 5.51. The molecule has 1 rings (SSSR count). The Labute approximate surface area is 120 Å². The summed E-state index contributed by atoms with van der Waals surface area (Å²) in [7, 11) is 0. The van der Waals surface area contributed by atoms with Crippen molar-refractivity contribution in [2.75, 3.05) is 6.54 Å². The van der Waals surface area contributed by atoms with E-state index >= 15 is 0 Å². The molecule has 0 atom stereocenters. The van der Waals surface area contributed by atoms with Crippen LogP contribution in [0.15, 0.2) is 34.3 Å². The largest absolute Gasteiger partial charge is 0.370 e. The summed E-state index contributed by atoms with van der Waals surface area (Å²) in [6, 6.07) is 8.51. The fraction of sp³-hybridized carbons (Fsp3) is 0.385. The normalized spacial score (nSPS) is 11.0. The van der Waals surface area contributed by atoms with Crippen molar-refractivity contribution in [3.63, 3.8) is 0 Å². The zero-order valence-corrected chi connectivity index (χ0v) is 12.2. The van der Waals surface area contributed by atoms with Crippen LogP contribution in [-0.4, -0.2) is 18.5 Å². The third-order valence-corrected chi connectivity index (χ3v) is 2.56. The molecule has 1 aromatic carbocycles. The minimum atomic E-state index is -0.0717. The number of nitrogens with two attached hydrogens (primary N) is 3. The summed E-state index contributed by atoms with van der Waals surface area (Å²) in [5.41, 5.74) is 18.4. The van der Waals surface area contributed by atoms with Gasteiger partial charge in [-0.1, -0.05) is 38.1 Å². The number of halogens is 1. The maximum absolute atomic E-state index is 5.51. The van der Waals surface area contributed by atoms with Crippen molar-refractivity contribution in [2.24, 2.45) is 27.2 Å². The van der Waals surface area contributed by atoms with Crippen molar-refractivity contribution in [1.29, 1.82) is 0 Å². The number of hydrogen-bond acceptors (Lipinski definition) is 1. The van der Waals surface area contributed by atoms with E-state index in [-0.39, 0.29) is 24.3 Å². The molecule has 0 unspecified atom stereocenters. The van der Waals surface area contributed by atoms with E-state index in [1.54, 1.807) is 0 Å².